The zero-order valence-corrected chi connectivity index (χ0v) is 18.8. The van der Waals surface area contributed by atoms with Gasteiger partial charge in [-0.2, -0.15) is 9.67 Å². The van der Waals surface area contributed by atoms with E-state index in [9.17, 15) is 0 Å². The first-order valence-electron chi connectivity index (χ1n) is 11.5. The number of hydrogen-bond donors (Lipinski definition) is 1. The lowest BCUT2D eigenvalue weighted by Crippen LogP contribution is -2.35. The molecular formula is C26H26N5S+. The predicted octanol–water partition coefficient (Wildman–Crippen LogP) is 5.49. The molecule has 2 heterocycles. The highest BCUT2D eigenvalue weighted by Crippen LogP contribution is 2.37. The average molecular weight is 441 g/mol. The van der Waals surface area contributed by atoms with Gasteiger partial charge in [-0.25, -0.2) is 5.43 Å². The fraction of sp³-hybridized carbons (Fsp3) is 0.308. The van der Waals surface area contributed by atoms with Gasteiger partial charge in [-0.15, -0.1) is 16.3 Å². The zero-order chi connectivity index (χ0) is 21.3. The summed E-state index contributed by atoms with van der Waals surface area (Å²) in [6, 6.07) is 15.2. The van der Waals surface area contributed by atoms with Crippen LogP contribution in [0.1, 0.15) is 48.1 Å². The summed E-state index contributed by atoms with van der Waals surface area (Å²) in [5.41, 5.74) is 5.80. The van der Waals surface area contributed by atoms with Gasteiger partial charge < -0.3 is 0 Å². The number of benzene rings is 2. The highest BCUT2D eigenvalue weighted by molar-refractivity contribution is 7.18. The topological polar surface area (TPSA) is 53.5 Å². The van der Waals surface area contributed by atoms with E-state index in [1.54, 1.807) is 0 Å². The van der Waals surface area contributed by atoms with Gasteiger partial charge in [0.2, 0.25) is 18.5 Å². The fourth-order valence-electron chi connectivity index (χ4n) is 4.61. The Hall–Kier alpha value is -3.12. The van der Waals surface area contributed by atoms with E-state index in [1.807, 2.05) is 30.2 Å². The number of fused-ring (bicyclic) bond motifs is 4. The van der Waals surface area contributed by atoms with Crippen molar-refractivity contribution in [2.24, 2.45) is 10.1 Å². The highest BCUT2D eigenvalue weighted by Gasteiger charge is 2.24. The van der Waals surface area contributed by atoms with Gasteiger partial charge in [-0.1, -0.05) is 47.4 Å². The standard InChI is InChI=1S/C26H25N5S/c1-2-12-21-18(7-1)8-5-9-19(21)15-29-30-25-24-22-13-3-4-14-23(22)32-26(24)31(17-28-25)16-27-20-10-6-11-20/h1-2,5,7-9,12,15-17,20H,3-4,6,10-11,13-14H2/p+1. The second kappa shape index (κ2) is 8.43. The smallest absolute Gasteiger partial charge is 0.234 e. The van der Waals surface area contributed by atoms with Crippen molar-refractivity contribution in [2.75, 3.05) is 5.43 Å². The van der Waals surface area contributed by atoms with Gasteiger partial charge in [-0.05, 0) is 61.3 Å². The third-order valence-corrected chi connectivity index (χ3v) is 7.91. The lowest BCUT2D eigenvalue weighted by Gasteiger charge is -2.16. The van der Waals surface area contributed by atoms with Crippen LogP contribution in [0, 0.1) is 0 Å². The summed E-state index contributed by atoms with van der Waals surface area (Å²) in [4.78, 5) is 12.2. The molecule has 2 aromatic carbocycles. The van der Waals surface area contributed by atoms with Crippen molar-refractivity contribution in [1.82, 2.24) is 4.98 Å². The first-order chi connectivity index (χ1) is 15.9. The Morgan fingerprint density at radius 3 is 2.81 bits per heavy atom. The first kappa shape index (κ1) is 19.6. The molecule has 0 atom stereocenters. The van der Waals surface area contributed by atoms with E-state index in [0.29, 0.717) is 6.04 Å². The summed E-state index contributed by atoms with van der Waals surface area (Å²) >= 11 is 1.89. The van der Waals surface area contributed by atoms with Crippen molar-refractivity contribution in [2.45, 2.75) is 51.0 Å². The summed E-state index contributed by atoms with van der Waals surface area (Å²) in [6.45, 7) is 0. The molecule has 1 fully saturated rings. The molecule has 6 rings (SSSR count). The van der Waals surface area contributed by atoms with Gasteiger partial charge in [0, 0.05) is 10.4 Å². The second-order valence-corrected chi connectivity index (χ2v) is 9.76. The maximum atomic E-state index is 4.77. The van der Waals surface area contributed by atoms with E-state index in [-0.39, 0.29) is 0 Å². The fourth-order valence-corrected chi connectivity index (χ4v) is 5.94. The summed E-state index contributed by atoms with van der Waals surface area (Å²) in [6.07, 6.45) is 14.2. The average Bonchev–Trinajstić information content (AvgIpc) is 3.19. The quantitative estimate of drug-likeness (QED) is 0.193. The number of thiophene rings is 1. The van der Waals surface area contributed by atoms with Crippen molar-refractivity contribution >= 4 is 50.7 Å². The summed E-state index contributed by atoms with van der Waals surface area (Å²) in [5, 5.41) is 8.22. The minimum absolute atomic E-state index is 0.482. The molecule has 32 heavy (non-hydrogen) atoms. The molecule has 160 valence electrons. The Bertz CT molecular complexity index is 1340. The Labute approximate surface area is 191 Å². The Morgan fingerprint density at radius 1 is 1.03 bits per heavy atom. The number of aryl methyl sites for hydroxylation is 2. The number of nitrogens with one attached hydrogen (secondary N) is 1. The van der Waals surface area contributed by atoms with Crippen LogP contribution in [0.25, 0.3) is 21.0 Å². The molecule has 2 aliphatic carbocycles. The van der Waals surface area contributed by atoms with Crippen molar-refractivity contribution in [3.8, 4) is 0 Å². The van der Waals surface area contributed by atoms with Crippen molar-refractivity contribution in [3.63, 3.8) is 0 Å². The molecule has 0 unspecified atom stereocenters. The lowest BCUT2D eigenvalue weighted by molar-refractivity contribution is -0.517. The van der Waals surface area contributed by atoms with Crippen molar-refractivity contribution in [3.05, 3.63) is 64.8 Å². The SMILES string of the molecule is C(=NNc1nc[n+](C=NC2CCC2)c2sc3c(c12)CCCC3)c1cccc2ccccc12. The molecule has 0 bridgehead atoms. The van der Waals surface area contributed by atoms with Crippen LogP contribution in [-0.2, 0) is 12.8 Å². The van der Waals surface area contributed by atoms with Crippen LogP contribution >= 0.6 is 11.3 Å². The Kier molecular flexibility index (Phi) is 5.15. The molecule has 1 N–H and O–H groups in total. The third-order valence-electron chi connectivity index (χ3n) is 6.61. The number of hydrogen-bond acceptors (Lipinski definition) is 5. The largest absolute Gasteiger partial charge is 0.247 e. The van der Waals surface area contributed by atoms with Crippen LogP contribution in [0.5, 0.6) is 0 Å². The Balaban J connectivity index is 1.36. The number of hydrazone groups is 1. The van der Waals surface area contributed by atoms with E-state index < -0.39 is 0 Å². The minimum atomic E-state index is 0.482. The molecule has 5 nitrogen and oxygen atoms in total. The number of anilines is 1. The molecule has 0 spiro atoms. The summed E-state index contributed by atoms with van der Waals surface area (Å²) in [7, 11) is 0. The maximum Gasteiger partial charge on any atom is 0.234 e. The van der Waals surface area contributed by atoms with Crippen LogP contribution in [0.2, 0.25) is 0 Å². The Morgan fingerprint density at radius 2 is 1.91 bits per heavy atom. The molecule has 2 aromatic heterocycles. The van der Waals surface area contributed by atoms with E-state index in [2.05, 4.69) is 57.6 Å². The van der Waals surface area contributed by atoms with Crippen LogP contribution in [0.4, 0.5) is 5.82 Å². The molecule has 1 saturated carbocycles. The lowest BCUT2D eigenvalue weighted by atomic mass is 9.94. The molecule has 0 saturated heterocycles. The van der Waals surface area contributed by atoms with Gasteiger partial charge in [0.15, 0.2) is 4.83 Å². The number of aromatic nitrogens is 2. The molecular weight excluding hydrogens is 414 g/mol. The van der Waals surface area contributed by atoms with Crippen LogP contribution in [-0.4, -0.2) is 23.6 Å². The predicted molar refractivity (Wildman–Crippen MR) is 133 cm³/mol. The monoisotopic (exact) mass is 440 g/mol. The molecule has 0 amide bonds. The number of nitrogens with zero attached hydrogens (tertiary/aromatic N) is 4. The van der Waals surface area contributed by atoms with Gasteiger partial charge >= 0.3 is 0 Å². The van der Waals surface area contributed by atoms with E-state index in [4.69, 9.17) is 9.98 Å². The van der Waals surface area contributed by atoms with E-state index in [0.717, 1.165) is 24.2 Å². The maximum absolute atomic E-state index is 4.77. The van der Waals surface area contributed by atoms with E-state index in [1.165, 1.54) is 63.5 Å². The zero-order valence-electron chi connectivity index (χ0n) is 18.0. The van der Waals surface area contributed by atoms with Crippen LogP contribution in [0.15, 0.2) is 58.9 Å². The second-order valence-electron chi connectivity index (χ2n) is 8.68. The molecule has 4 aromatic rings. The van der Waals surface area contributed by atoms with Gasteiger partial charge in [0.25, 0.3) is 0 Å². The molecule has 2 aliphatic rings. The number of aliphatic imine (C=N–C) groups is 1. The van der Waals surface area contributed by atoms with Crippen LogP contribution < -0.4 is 9.99 Å². The first-order valence-corrected chi connectivity index (χ1v) is 12.3. The number of rotatable bonds is 5. The van der Waals surface area contributed by atoms with Gasteiger partial charge in [-0.3, -0.25) is 0 Å². The highest BCUT2D eigenvalue weighted by atomic mass is 32.1. The van der Waals surface area contributed by atoms with Crippen LogP contribution in [0.3, 0.4) is 0 Å². The van der Waals surface area contributed by atoms with E-state index >= 15 is 0 Å². The molecule has 0 radical (unpaired) electrons. The third kappa shape index (κ3) is 3.58. The van der Waals surface area contributed by atoms with Gasteiger partial charge in [0.1, 0.15) is 6.04 Å². The summed E-state index contributed by atoms with van der Waals surface area (Å²) < 4.78 is 2.11. The minimum Gasteiger partial charge on any atom is -0.247 e. The van der Waals surface area contributed by atoms with Crippen molar-refractivity contribution in [1.29, 1.82) is 0 Å². The molecule has 6 heteroatoms. The molecule has 0 aliphatic heterocycles. The van der Waals surface area contributed by atoms with Crippen molar-refractivity contribution < 1.29 is 4.57 Å². The van der Waals surface area contributed by atoms with Gasteiger partial charge in [0.05, 0.1) is 11.6 Å². The summed E-state index contributed by atoms with van der Waals surface area (Å²) in [5.74, 6) is 0.837. The normalized spacial score (nSPS) is 16.8.